The van der Waals surface area contributed by atoms with E-state index >= 15 is 0 Å². The fourth-order valence-corrected chi connectivity index (χ4v) is 2.07. The van der Waals surface area contributed by atoms with E-state index in [1.54, 1.807) is 0 Å². The van der Waals surface area contributed by atoms with Gasteiger partial charge in [-0.25, -0.2) is 0 Å². The number of likely N-dealkylation sites (tertiary alicyclic amines) is 1. The van der Waals surface area contributed by atoms with E-state index in [9.17, 15) is 0 Å². The summed E-state index contributed by atoms with van der Waals surface area (Å²) in [5, 5.41) is 3.39. The molecule has 0 saturated carbocycles. The molecule has 52 valence electrons. The molecule has 2 heterocycles. The lowest BCUT2D eigenvalue weighted by atomic mass is 10.1. The first kappa shape index (κ1) is 5.69. The lowest BCUT2D eigenvalue weighted by Gasteiger charge is -2.20. The van der Waals surface area contributed by atoms with Crippen molar-refractivity contribution in [1.82, 2.24) is 5.32 Å². The highest BCUT2D eigenvalue weighted by Crippen LogP contribution is 2.13. The molecule has 0 aromatic heterocycles. The highest BCUT2D eigenvalue weighted by molar-refractivity contribution is 4.83. The average Bonchev–Trinajstić information content (AvgIpc) is 2.35. The Kier molecular flexibility index (Phi) is 1.24. The van der Waals surface area contributed by atoms with E-state index in [2.05, 4.69) is 12.4 Å². The molecule has 3 atom stereocenters. The largest absolute Gasteiger partial charge is 0.464 e. The Bertz CT molecular complexity index is 113. The third-order valence-corrected chi connectivity index (χ3v) is 2.70. The summed E-state index contributed by atoms with van der Waals surface area (Å²) in [4.78, 5) is 1.49. The topological polar surface area (TPSA) is 16.5 Å². The van der Waals surface area contributed by atoms with Gasteiger partial charge in [0, 0.05) is 25.4 Å². The summed E-state index contributed by atoms with van der Waals surface area (Å²) in [6, 6.07) is 0.838. The van der Waals surface area contributed by atoms with Gasteiger partial charge in [-0.2, -0.15) is 7.05 Å². The number of hydrogen-bond donors (Lipinski definition) is 2. The number of quaternary nitrogens is 1. The van der Waals surface area contributed by atoms with Crippen LogP contribution >= 0.6 is 0 Å². The molecule has 2 heteroatoms. The van der Waals surface area contributed by atoms with Crippen molar-refractivity contribution in [3.8, 4) is 0 Å². The quantitative estimate of drug-likeness (QED) is 0.384. The van der Waals surface area contributed by atoms with Crippen LogP contribution in [0.4, 0.5) is 0 Å². The van der Waals surface area contributed by atoms with Gasteiger partial charge in [-0.1, -0.05) is 0 Å². The van der Waals surface area contributed by atoms with E-state index in [1.807, 2.05) is 0 Å². The molecule has 1 unspecified atom stereocenters. The predicted molar refractivity (Wildman–Crippen MR) is 36.0 cm³/mol. The van der Waals surface area contributed by atoms with E-state index in [0.717, 1.165) is 12.0 Å². The third kappa shape index (κ3) is 0.775. The maximum absolute atomic E-state index is 4.06. The molecule has 0 bridgehead atoms. The first-order valence-electron chi connectivity index (χ1n) is 3.76. The van der Waals surface area contributed by atoms with E-state index in [-0.39, 0.29) is 0 Å². The van der Waals surface area contributed by atoms with Crippen molar-refractivity contribution in [2.45, 2.75) is 12.5 Å². The SMILES string of the molecule is [CH2-][NH+]1CC[C@@H]2CNC[C@@H]21. The highest BCUT2D eigenvalue weighted by Gasteiger charge is 2.36. The van der Waals surface area contributed by atoms with Gasteiger partial charge in [-0.15, -0.1) is 0 Å². The zero-order valence-corrected chi connectivity index (χ0v) is 5.69. The molecule has 0 aliphatic carbocycles. The molecule has 2 saturated heterocycles. The van der Waals surface area contributed by atoms with Gasteiger partial charge >= 0.3 is 0 Å². The van der Waals surface area contributed by atoms with E-state index < -0.39 is 0 Å². The van der Waals surface area contributed by atoms with Crippen LogP contribution in [0.1, 0.15) is 6.42 Å². The van der Waals surface area contributed by atoms with Crippen LogP contribution in [0.5, 0.6) is 0 Å². The summed E-state index contributed by atoms with van der Waals surface area (Å²) >= 11 is 0. The first-order chi connectivity index (χ1) is 4.38. The zero-order valence-electron chi connectivity index (χ0n) is 5.69. The Morgan fingerprint density at radius 3 is 3.11 bits per heavy atom. The predicted octanol–water partition coefficient (Wildman–Crippen LogP) is -1.35. The summed E-state index contributed by atoms with van der Waals surface area (Å²) < 4.78 is 0. The molecular weight excluding hydrogens is 112 g/mol. The minimum atomic E-state index is 0.838. The van der Waals surface area contributed by atoms with Gasteiger partial charge in [-0.05, 0) is 0 Å². The van der Waals surface area contributed by atoms with Gasteiger partial charge in [0.05, 0.1) is 12.6 Å². The van der Waals surface area contributed by atoms with Gasteiger partial charge in [0.25, 0.3) is 0 Å². The van der Waals surface area contributed by atoms with Gasteiger partial charge in [0.2, 0.25) is 0 Å². The summed E-state index contributed by atoms with van der Waals surface area (Å²) in [5.74, 6) is 0.942. The van der Waals surface area contributed by atoms with E-state index in [0.29, 0.717) is 0 Å². The highest BCUT2D eigenvalue weighted by atomic mass is 15.2. The van der Waals surface area contributed by atoms with Gasteiger partial charge < -0.3 is 10.2 Å². The molecule has 0 amide bonds. The molecule has 0 radical (unpaired) electrons. The van der Waals surface area contributed by atoms with Crippen LogP contribution in [0, 0.1) is 13.0 Å². The van der Waals surface area contributed by atoms with Crippen molar-refractivity contribution in [2.24, 2.45) is 5.92 Å². The Morgan fingerprint density at radius 2 is 2.33 bits per heavy atom. The minimum Gasteiger partial charge on any atom is -0.464 e. The molecule has 2 fully saturated rings. The Morgan fingerprint density at radius 1 is 1.44 bits per heavy atom. The van der Waals surface area contributed by atoms with Gasteiger partial charge in [0.1, 0.15) is 0 Å². The molecule has 2 aliphatic heterocycles. The first-order valence-corrected chi connectivity index (χ1v) is 3.76. The van der Waals surface area contributed by atoms with Crippen molar-refractivity contribution >= 4 is 0 Å². The molecule has 0 aromatic carbocycles. The zero-order chi connectivity index (χ0) is 6.27. The van der Waals surface area contributed by atoms with Crippen LogP contribution in [0.3, 0.4) is 0 Å². The van der Waals surface area contributed by atoms with E-state index in [1.165, 1.54) is 31.0 Å². The molecule has 2 aliphatic rings. The maximum atomic E-state index is 4.06. The number of rotatable bonds is 0. The van der Waals surface area contributed by atoms with Crippen LogP contribution in [0.2, 0.25) is 0 Å². The number of nitrogens with one attached hydrogen (secondary N) is 2. The summed E-state index contributed by atoms with van der Waals surface area (Å²) in [5.41, 5.74) is 0. The molecule has 2 rings (SSSR count). The lowest BCUT2D eigenvalue weighted by Crippen LogP contribution is -3.09. The van der Waals surface area contributed by atoms with Crippen molar-refractivity contribution in [1.29, 1.82) is 0 Å². The Labute approximate surface area is 56.2 Å². The van der Waals surface area contributed by atoms with Crippen molar-refractivity contribution in [3.63, 3.8) is 0 Å². The fraction of sp³-hybridized carbons (Fsp3) is 0.857. The molecule has 9 heavy (non-hydrogen) atoms. The van der Waals surface area contributed by atoms with Crippen LogP contribution in [-0.2, 0) is 0 Å². The van der Waals surface area contributed by atoms with Crippen LogP contribution in [-0.4, -0.2) is 25.7 Å². The second kappa shape index (κ2) is 1.96. The number of fused-ring (bicyclic) bond motifs is 1. The van der Waals surface area contributed by atoms with Crippen molar-refractivity contribution < 1.29 is 4.90 Å². The normalized spacial score (nSPS) is 49.7. The monoisotopic (exact) mass is 126 g/mol. The van der Waals surface area contributed by atoms with Crippen molar-refractivity contribution in [2.75, 3.05) is 19.6 Å². The fourth-order valence-electron chi connectivity index (χ4n) is 2.07. The van der Waals surface area contributed by atoms with Crippen LogP contribution in [0.15, 0.2) is 0 Å². The molecule has 0 spiro atoms. The smallest absolute Gasteiger partial charge is 0.0804 e. The average molecular weight is 126 g/mol. The maximum Gasteiger partial charge on any atom is 0.0804 e. The molecular formula is C7H14N2. The van der Waals surface area contributed by atoms with Crippen molar-refractivity contribution in [3.05, 3.63) is 7.05 Å². The number of hydrogen-bond acceptors (Lipinski definition) is 1. The second-order valence-corrected chi connectivity index (χ2v) is 3.22. The van der Waals surface area contributed by atoms with Gasteiger partial charge in [0.15, 0.2) is 0 Å². The molecule has 2 N–H and O–H groups in total. The summed E-state index contributed by atoms with van der Waals surface area (Å²) in [6.45, 7) is 3.73. The second-order valence-electron chi connectivity index (χ2n) is 3.22. The lowest BCUT2D eigenvalue weighted by molar-refractivity contribution is -0.865. The summed E-state index contributed by atoms with van der Waals surface area (Å²) in [6.07, 6.45) is 1.39. The molecule has 2 nitrogen and oxygen atoms in total. The minimum absolute atomic E-state index is 0.838. The molecule has 0 aromatic rings. The third-order valence-electron chi connectivity index (χ3n) is 2.70. The van der Waals surface area contributed by atoms with Crippen LogP contribution in [0.25, 0.3) is 0 Å². The Balaban J connectivity index is 2.07. The van der Waals surface area contributed by atoms with Gasteiger partial charge in [-0.3, -0.25) is 0 Å². The Hall–Kier alpha value is -0.0800. The standard InChI is InChI=1S/C7H14N2/c1-9-3-2-6-4-8-5-7(6)9/h6-9H,1-5H2/t6-,7+/m1/s1. The van der Waals surface area contributed by atoms with E-state index in [4.69, 9.17) is 0 Å². The van der Waals surface area contributed by atoms with Crippen LogP contribution < -0.4 is 10.2 Å². The summed E-state index contributed by atoms with van der Waals surface area (Å²) in [7, 11) is 4.06.